The summed E-state index contributed by atoms with van der Waals surface area (Å²) in [6, 6.07) is 0.316. The van der Waals surface area contributed by atoms with Crippen LogP contribution in [-0.2, 0) is 4.74 Å². The van der Waals surface area contributed by atoms with Crippen molar-refractivity contribution in [2.45, 2.75) is 51.7 Å². The van der Waals surface area contributed by atoms with Gasteiger partial charge >= 0.3 is 6.09 Å². The SMILES string of the molecule is CC(C)(C)OC(=O)N1CCCCC1CN1CCNCC1. The second-order valence-corrected chi connectivity index (χ2v) is 6.87. The van der Waals surface area contributed by atoms with E-state index in [0.29, 0.717) is 6.04 Å². The van der Waals surface area contributed by atoms with E-state index < -0.39 is 5.60 Å². The number of ether oxygens (including phenoxy) is 1. The van der Waals surface area contributed by atoms with Gasteiger partial charge in [0, 0.05) is 45.3 Å². The fraction of sp³-hybridized carbons (Fsp3) is 0.933. The summed E-state index contributed by atoms with van der Waals surface area (Å²) in [6.45, 7) is 11.9. The number of hydrogen-bond donors (Lipinski definition) is 1. The minimum atomic E-state index is -0.409. The maximum absolute atomic E-state index is 12.3. The van der Waals surface area contributed by atoms with Gasteiger partial charge in [0.15, 0.2) is 0 Å². The lowest BCUT2D eigenvalue weighted by Gasteiger charge is -2.40. The number of amides is 1. The third-order valence-electron chi connectivity index (χ3n) is 3.93. The molecule has 0 spiro atoms. The molecule has 116 valence electrons. The van der Waals surface area contributed by atoms with Gasteiger partial charge in [-0.05, 0) is 40.0 Å². The van der Waals surface area contributed by atoms with E-state index in [0.717, 1.165) is 52.1 Å². The molecule has 20 heavy (non-hydrogen) atoms. The molecule has 5 heteroatoms. The summed E-state index contributed by atoms with van der Waals surface area (Å²) in [4.78, 5) is 16.8. The molecular weight excluding hydrogens is 254 g/mol. The zero-order chi connectivity index (χ0) is 14.6. The Morgan fingerprint density at radius 3 is 2.55 bits per heavy atom. The minimum Gasteiger partial charge on any atom is -0.444 e. The highest BCUT2D eigenvalue weighted by atomic mass is 16.6. The van der Waals surface area contributed by atoms with Crippen molar-refractivity contribution >= 4 is 6.09 Å². The Balaban J connectivity index is 1.92. The first-order valence-electron chi connectivity index (χ1n) is 7.88. The van der Waals surface area contributed by atoms with E-state index in [1.54, 1.807) is 0 Å². The van der Waals surface area contributed by atoms with E-state index in [-0.39, 0.29) is 6.09 Å². The van der Waals surface area contributed by atoms with Crippen LogP contribution in [0.15, 0.2) is 0 Å². The van der Waals surface area contributed by atoms with Crippen LogP contribution in [0.25, 0.3) is 0 Å². The molecule has 2 aliphatic rings. The van der Waals surface area contributed by atoms with E-state index in [1.165, 1.54) is 6.42 Å². The van der Waals surface area contributed by atoms with Crippen LogP contribution in [0.3, 0.4) is 0 Å². The van der Waals surface area contributed by atoms with Crippen molar-refractivity contribution in [3.63, 3.8) is 0 Å². The summed E-state index contributed by atoms with van der Waals surface area (Å²) in [5.74, 6) is 0. The summed E-state index contributed by atoms with van der Waals surface area (Å²) >= 11 is 0. The van der Waals surface area contributed by atoms with E-state index in [1.807, 2.05) is 25.7 Å². The van der Waals surface area contributed by atoms with Crippen LogP contribution >= 0.6 is 0 Å². The van der Waals surface area contributed by atoms with Gasteiger partial charge in [0.05, 0.1) is 0 Å². The van der Waals surface area contributed by atoms with Crippen molar-refractivity contribution in [1.82, 2.24) is 15.1 Å². The van der Waals surface area contributed by atoms with Crippen LogP contribution in [0.5, 0.6) is 0 Å². The predicted octanol–water partition coefficient (Wildman–Crippen LogP) is 1.68. The van der Waals surface area contributed by atoms with Crippen molar-refractivity contribution in [3.05, 3.63) is 0 Å². The summed E-state index contributed by atoms with van der Waals surface area (Å²) in [5, 5.41) is 3.37. The number of piperazine rings is 1. The molecule has 0 aromatic rings. The first-order valence-corrected chi connectivity index (χ1v) is 7.88. The Kier molecular flexibility index (Phi) is 5.27. The smallest absolute Gasteiger partial charge is 0.410 e. The Morgan fingerprint density at radius 1 is 1.20 bits per heavy atom. The van der Waals surface area contributed by atoms with Crippen LogP contribution in [0.2, 0.25) is 0 Å². The average molecular weight is 283 g/mol. The lowest BCUT2D eigenvalue weighted by Crippen LogP contribution is -2.53. The predicted molar refractivity (Wildman–Crippen MR) is 79.9 cm³/mol. The summed E-state index contributed by atoms with van der Waals surface area (Å²) in [5.41, 5.74) is -0.409. The van der Waals surface area contributed by atoms with Gasteiger partial charge in [-0.2, -0.15) is 0 Å². The van der Waals surface area contributed by atoms with Gasteiger partial charge in [0.1, 0.15) is 5.60 Å². The molecule has 1 atom stereocenters. The normalized spacial score (nSPS) is 25.6. The molecule has 2 heterocycles. The van der Waals surface area contributed by atoms with Crippen LogP contribution < -0.4 is 5.32 Å². The third-order valence-corrected chi connectivity index (χ3v) is 3.93. The van der Waals surface area contributed by atoms with E-state index >= 15 is 0 Å². The van der Waals surface area contributed by atoms with E-state index in [4.69, 9.17) is 4.74 Å². The zero-order valence-electron chi connectivity index (χ0n) is 13.2. The maximum atomic E-state index is 12.3. The molecule has 0 aliphatic carbocycles. The van der Waals surface area contributed by atoms with Crippen molar-refractivity contribution in [3.8, 4) is 0 Å². The fourth-order valence-electron chi connectivity index (χ4n) is 2.94. The van der Waals surface area contributed by atoms with Crippen LogP contribution in [0, 0.1) is 0 Å². The number of nitrogens with one attached hydrogen (secondary N) is 1. The summed E-state index contributed by atoms with van der Waals surface area (Å²) < 4.78 is 5.55. The molecule has 0 bridgehead atoms. The lowest BCUT2D eigenvalue weighted by molar-refractivity contribution is 0.00458. The summed E-state index contributed by atoms with van der Waals surface area (Å²) in [7, 11) is 0. The van der Waals surface area contributed by atoms with Gasteiger partial charge in [-0.3, -0.25) is 4.90 Å². The third kappa shape index (κ3) is 4.63. The van der Waals surface area contributed by atoms with E-state index in [2.05, 4.69) is 10.2 Å². The number of nitrogens with zero attached hydrogens (tertiary/aromatic N) is 2. The fourth-order valence-corrected chi connectivity index (χ4v) is 2.94. The van der Waals surface area contributed by atoms with Gasteiger partial charge in [0.25, 0.3) is 0 Å². The number of carbonyl (C=O) groups is 1. The second kappa shape index (κ2) is 6.76. The Hall–Kier alpha value is -0.810. The largest absolute Gasteiger partial charge is 0.444 e. The van der Waals surface area contributed by atoms with Gasteiger partial charge in [-0.1, -0.05) is 0 Å². The topological polar surface area (TPSA) is 44.8 Å². The maximum Gasteiger partial charge on any atom is 0.410 e. The van der Waals surface area contributed by atoms with Gasteiger partial charge < -0.3 is 15.0 Å². The number of carbonyl (C=O) groups excluding carboxylic acids is 1. The van der Waals surface area contributed by atoms with Crippen molar-refractivity contribution in [2.75, 3.05) is 39.3 Å². The van der Waals surface area contributed by atoms with Gasteiger partial charge in [0.2, 0.25) is 0 Å². The molecule has 0 radical (unpaired) electrons. The molecule has 0 aromatic carbocycles. The quantitative estimate of drug-likeness (QED) is 0.837. The number of piperidine rings is 1. The highest BCUT2D eigenvalue weighted by Crippen LogP contribution is 2.21. The monoisotopic (exact) mass is 283 g/mol. The van der Waals surface area contributed by atoms with Crippen molar-refractivity contribution in [1.29, 1.82) is 0 Å². The number of likely N-dealkylation sites (tertiary alicyclic amines) is 1. The zero-order valence-corrected chi connectivity index (χ0v) is 13.2. The number of rotatable bonds is 2. The first-order chi connectivity index (χ1) is 9.46. The molecule has 0 aromatic heterocycles. The average Bonchev–Trinajstić information content (AvgIpc) is 2.38. The molecule has 5 nitrogen and oxygen atoms in total. The molecule has 2 aliphatic heterocycles. The second-order valence-electron chi connectivity index (χ2n) is 6.87. The molecule has 1 N–H and O–H groups in total. The Labute approximate surface area is 122 Å². The first kappa shape index (κ1) is 15.6. The van der Waals surface area contributed by atoms with Gasteiger partial charge in [-0.15, -0.1) is 0 Å². The van der Waals surface area contributed by atoms with E-state index in [9.17, 15) is 4.79 Å². The molecular formula is C15H29N3O2. The molecule has 0 saturated carbocycles. The highest BCUT2D eigenvalue weighted by Gasteiger charge is 2.31. The summed E-state index contributed by atoms with van der Waals surface area (Å²) in [6.07, 6.45) is 3.27. The minimum absolute atomic E-state index is 0.141. The lowest BCUT2D eigenvalue weighted by atomic mass is 10.0. The van der Waals surface area contributed by atoms with Crippen molar-refractivity contribution in [2.24, 2.45) is 0 Å². The number of hydrogen-bond acceptors (Lipinski definition) is 4. The molecule has 2 saturated heterocycles. The van der Waals surface area contributed by atoms with Crippen LogP contribution in [-0.4, -0.2) is 66.8 Å². The van der Waals surface area contributed by atoms with Crippen LogP contribution in [0.1, 0.15) is 40.0 Å². The van der Waals surface area contributed by atoms with Crippen molar-refractivity contribution < 1.29 is 9.53 Å². The molecule has 1 unspecified atom stereocenters. The Morgan fingerprint density at radius 2 is 1.90 bits per heavy atom. The van der Waals surface area contributed by atoms with Gasteiger partial charge in [-0.25, -0.2) is 4.79 Å². The molecule has 2 fully saturated rings. The molecule has 2 rings (SSSR count). The highest BCUT2D eigenvalue weighted by molar-refractivity contribution is 5.68. The Bertz CT molecular complexity index is 322. The van der Waals surface area contributed by atoms with Crippen LogP contribution in [0.4, 0.5) is 4.79 Å². The standard InChI is InChI=1S/C15H29N3O2/c1-15(2,3)20-14(19)18-9-5-4-6-13(18)12-17-10-7-16-8-11-17/h13,16H,4-12H2,1-3H3. The molecule has 1 amide bonds.